The number of hydrogen-bond acceptors (Lipinski definition) is 3. The van der Waals surface area contributed by atoms with Crippen molar-refractivity contribution in [2.45, 2.75) is 32.3 Å². The Hall–Kier alpha value is -1.19. The zero-order valence-corrected chi connectivity index (χ0v) is 10.9. The fraction of sp³-hybridized carbons (Fsp3) is 0.357. The van der Waals surface area contributed by atoms with Crippen LogP contribution in [-0.4, -0.2) is 10.1 Å². The van der Waals surface area contributed by atoms with Gasteiger partial charge in [-0.1, -0.05) is 13.8 Å². The molecule has 2 atom stereocenters. The zero-order valence-electron chi connectivity index (χ0n) is 10.1. The standard InChI is InChI=1S/C14H17NOS/c1-3-11-6-9-17-14(11)13(16)10(2)12-4-7-15-8-5-12/h4-10,13,16H,3H2,1-2H3. The van der Waals surface area contributed by atoms with E-state index in [1.54, 1.807) is 23.7 Å². The monoisotopic (exact) mass is 247 g/mol. The normalized spacial score (nSPS) is 14.5. The quantitative estimate of drug-likeness (QED) is 0.896. The molecule has 3 heteroatoms. The number of aliphatic hydroxyl groups excluding tert-OH is 1. The van der Waals surface area contributed by atoms with Crippen molar-refractivity contribution in [3.05, 3.63) is 52.0 Å². The molecule has 2 nitrogen and oxygen atoms in total. The van der Waals surface area contributed by atoms with Gasteiger partial charge in [0.05, 0.1) is 6.10 Å². The van der Waals surface area contributed by atoms with Gasteiger partial charge in [0.15, 0.2) is 0 Å². The fourth-order valence-electron chi connectivity index (χ4n) is 1.98. The van der Waals surface area contributed by atoms with Crippen molar-refractivity contribution in [3.8, 4) is 0 Å². The third kappa shape index (κ3) is 2.56. The zero-order chi connectivity index (χ0) is 12.3. The molecular weight excluding hydrogens is 230 g/mol. The maximum Gasteiger partial charge on any atom is 0.0950 e. The Balaban J connectivity index is 2.23. The predicted octanol–water partition coefficient (Wildman–Crippen LogP) is 3.54. The van der Waals surface area contributed by atoms with E-state index in [4.69, 9.17) is 0 Å². The third-order valence-corrected chi connectivity index (χ3v) is 4.17. The SMILES string of the molecule is CCc1ccsc1C(O)C(C)c1ccncc1. The van der Waals surface area contributed by atoms with Gasteiger partial charge in [0.25, 0.3) is 0 Å². The van der Waals surface area contributed by atoms with Crippen molar-refractivity contribution in [2.75, 3.05) is 0 Å². The molecule has 90 valence electrons. The first-order chi connectivity index (χ1) is 8.24. The van der Waals surface area contributed by atoms with Crippen molar-refractivity contribution in [2.24, 2.45) is 0 Å². The number of aromatic nitrogens is 1. The molecule has 2 unspecified atom stereocenters. The van der Waals surface area contributed by atoms with Crippen LogP contribution in [0.25, 0.3) is 0 Å². The van der Waals surface area contributed by atoms with Crippen LogP contribution in [0.2, 0.25) is 0 Å². The number of pyridine rings is 1. The molecule has 0 aliphatic heterocycles. The number of thiophene rings is 1. The van der Waals surface area contributed by atoms with Gasteiger partial charge < -0.3 is 5.11 Å². The molecule has 0 bridgehead atoms. The van der Waals surface area contributed by atoms with Crippen molar-refractivity contribution in [3.63, 3.8) is 0 Å². The van der Waals surface area contributed by atoms with E-state index in [9.17, 15) is 5.11 Å². The van der Waals surface area contributed by atoms with Crippen LogP contribution in [0.5, 0.6) is 0 Å². The van der Waals surface area contributed by atoms with Gasteiger partial charge >= 0.3 is 0 Å². The Bertz CT molecular complexity index is 466. The van der Waals surface area contributed by atoms with E-state index in [-0.39, 0.29) is 5.92 Å². The summed E-state index contributed by atoms with van der Waals surface area (Å²) >= 11 is 1.64. The summed E-state index contributed by atoms with van der Waals surface area (Å²) in [5.41, 5.74) is 2.38. The van der Waals surface area contributed by atoms with Crippen LogP contribution in [0.15, 0.2) is 36.0 Å². The van der Waals surface area contributed by atoms with E-state index in [0.29, 0.717) is 0 Å². The molecule has 0 aliphatic rings. The predicted molar refractivity (Wildman–Crippen MR) is 71.3 cm³/mol. The van der Waals surface area contributed by atoms with Crippen LogP contribution in [0.3, 0.4) is 0 Å². The van der Waals surface area contributed by atoms with Gasteiger partial charge in [-0.3, -0.25) is 4.98 Å². The van der Waals surface area contributed by atoms with E-state index in [1.165, 1.54) is 5.56 Å². The van der Waals surface area contributed by atoms with Gasteiger partial charge in [0.2, 0.25) is 0 Å². The largest absolute Gasteiger partial charge is 0.387 e. The fourth-order valence-corrected chi connectivity index (χ4v) is 3.06. The first-order valence-electron chi connectivity index (χ1n) is 5.88. The second-order valence-corrected chi connectivity index (χ2v) is 5.13. The van der Waals surface area contributed by atoms with Gasteiger partial charge in [-0.25, -0.2) is 0 Å². The van der Waals surface area contributed by atoms with Crippen molar-refractivity contribution in [1.82, 2.24) is 4.98 Å². The molecule has 2 heterocycles. The van der Waals surface area contributed by atoms with E-state index >= 15 is 0 Å². The Morgan fingerprint density at radius 3 is 2.65 bits per heavy atom. The third-order valence-electron chi connectivity index (χ3n) is 3.14. The number of aryl methyl sites for hydroxylation is 1. The molecule has 0 aromatic carbocycles. The van der Waals surface area contributed by atoms with E-state index in [2.05, 4.69) is 30.3 Å². The van der Waals surface area contributed by atoms with Gasteiger partial charge in [-0.05, 0) is 41.1 Å². The minimum absolute atomic E-state index is 0.0990. The summed E-state index contributed by atoms with van der Waals surface area (Å²) in [6.45, 7) is 4.18. The highest BCUT2D eigenvalue weighted by molar-refractivity contribution is 7.10. The lowest BCUT2D eigenvalue weighted by Crippen LogP contribution is -2.07. The summed E-state index contributed by atoms with van der Waals surface area (Å²) in [6.07, 6.45) is 4.09. The Labute approximate surface area is 106 Å². The van der Waals surface area contributed by atoms with Crippen LogP contribution >= 0.6 is 11.3 Å². The minimum Gasteiger partial charge on any atom is -0.387 e. The number of rotatable bonds is 4. The van der Waals surface area contributed by atoms with Crippen LogP contribution in [0, 0.1) is 0 Å². The van der Waals surface area contributed by atoms with Gasteiger partial charge in [0.1, 0.15) is 0 Å². The van der Waals surface area contributed by atoms with Crippen LogP contribution in [-0.2, 0) is 6.42 Å². The maximum absolute atomic E-state index is 10.4. The molecule has 1 N–H and O–H groups in total. The molecular formula is C14H17NOS. The van der Waals surface area contributed by atoms with Crippen LogP contribution in [0.1, 0.15) is 41.9 Å². The topological polar surface area (TPSA) is 33.1 Å². The Morgan fingerprint density at radius 1 is 1.29 bits per heavy atom. The molecule has 0 aliphatic carbocycles. The summed E-state index contributed by atoms with van der Waals surface area (Å²) in [7, 11) is 0. The van der Waals surface area contributed by atoms with Gasteiger partial charge in [-0.2, -0.15) is 0 Å². The summed E-state index contributed by atoms with van der Waals surface area (Å²) in [5, 5.41) is 12.5. The molecule has 0 spiro atoms. The highest BCUT2D eigenvalue weighted by atomic mass is 32.1. The molecule has 2 aromatic heterocycles. The summed E-state index contributed by atoms with van der Waals surface area (Å²) < 4.78 is 0. The molecule has 0 saturated heterocycles. The average molecular weight is 247 g/mol. The molecule has 0 radical (unpaired) electrons. The van der Waals surface area contributed by atoms with E-state index < -0.39 is 6.10 Å². The second kappa shape index (κ2) is 5.43. The van der Waals surface area contributed by atoms with Gasteiger partial charge in [-0.15, -0.1) is 11.3 Å². The molecule has 0 amide bonds. The summed E-state index contributed by atoms with van der Waals surface area (Å²) in [4.78, 5) is 5.10. The number of nitrogens with zero attached hydrogens (tertiary/aromatic N) is 1. The van der Waals surface area contributed by atoms with E-state index in [0.717, 1.165) is 16.9 Å². The minimum atomic E-state index is -0.424. The van der Waals surface area contributed by atoms with Gasteiger partial charge in [0, 0.05) is 23.2 Å². The Kier molecular flexibility index (Phi) is 3.92. The first kappa shape index (κ1) is 12.3. The lowest BCUT2D eigenvalue weighted by atomic mass is 9.93. The Morgan fingerprint density at radius 2 is 2.00 bits per heavy atom. The summed E-state index contributed by atoms with van der Waals surface area (Å²) in [6, 6.07) is 6.03. The maximum atomic E-state index is 10.4. The van der Waals surface area contributed by atoms with Crippen LogP contribution < -0.4 is 0 Å². The molecule has 17 heavy (non-hydrogen) atoms. The highest BCUT2D eigenvalue weighted by Gasteiger charge is 2.21. The van der Waals surface area contributed by atoms with Crippen molar-refractivity contribution >= 4 is 11.3 Å². The first-order valence-corrected chi connectivity index (χ1v) is 6.76. The lowest BCUT2D eigenvalue weighted by molar-refractivity contribution is 0.154. The second-order valence-electron chi connectivity index (χ2n) is 4.18. The number of aliphatic hydroxyl groups is 1. The lowest BCUT2D eigenvalue weighted by Gasteiger charge is -2.19. The van der Waals surface area contributed by atoms with E-state index in [1.807, 2.05) is 12.1 Å². The molecule has 2 aromatic rings. The molecule has 2 rings (SSSR count). The van der Waals surface area contributed by atoms with Crippen molar-refractivity contribution in [1.29, 1.82) is 0 Å². The highest BCUT2D eigenvalue weighted by Crippen LogP contribution is 2.35. The summed E-state index contributed by atoms with van der Waals surface area (Å²) in [5.74, 6) is 0.0990. The van der Waals surface area contributed by atoms with Crippen LogP contribution in [0.4, 0.5) is 0 Å². The molecule has 0 saturated carbocycles. The smallest absolute Gasteiger partial charge is 0.0950 e. The van der Waals surface area contributed by atoms with Crippen molar-refractivity contribution < 1.29 is 5.11 Å². The molecule has 0 fully saturated rings. The average Bonchev–Trinajstić information content (AvgIpc) is 2.86. The number of hydrogen-bond donors (Lipinski definition) is 1.